The van der Waals surface area contributed by atoms with Crippen molar-refractivity contribution < 1.29 is 33.7 Å². The molecule has 1 saturated heterocycles. The van der Waals surface area contributed by atoms with Gasteiger partial charge >= 0.3 is 17.9 Å². The summed E-state index contributed by atoms with van der Waals surface area (Å²) < 4.78 is 16.7. The van der Waals surface area contributed by atoms with Gasteiger partial charge in [-0.2, -0.15) is 0 Å². The van der Waals surface area contributed by atoms with Gasteiger partial charge in [-0.3, -0.25) is 4.79 Å². The summed E-state index contributed by atoms with van der Waals surface area (Å²) in [5.74, 6) is -2.57. The number of rotatable bonds is 4. The number of carbonyl (C=O) groups is 3. The van der Waals surface area contributed by atoms with Crippen molar-refractivity contribution in [3.63, 3.8) is 0 Å². The number of allylic oxidation sites excluding steroid dienone is 3. The number of hydrogen-bond donors (Lipinski definition) is 1. The first kappa shape index (κ1) is 22.6. The summed E-state index contributed by atoms with van der Waals surface area (Å²) in [5, 5.41) is 9.94. The molecule has 1 fully saturated rings. The molecule has 0 aromatic heterocycles. The molecule has 4 atom stereocenters. The number of aliphatic hydroxyl groups excluding tert-OH is 1. The molecule has 29 heavy (non-hydrogen) atoms. The number of ether oxygens (including phenoxy) is 3. The minimum atomic E-state index is -1.09. The predicted molar refractivity (Wildman–Crippen MR) is 106 cm³/mol. The van der Waals surface area contributed by atoms with Crippen LogP contribution in [0, 0.1) is 5.92 Å². The molecule has 1 aliphatic carbocycles. The Kier molecular flexibility index (Phi) is 7.56. The highest BCUT2D eigenvalue weighted by molar-refractivity contribution is 5.92. The van der Waals surface area contributed by atoms with Crippen molar-refractivity contribution in [3.8, 4) is 0 Å². The Morgan fingerprint density at radius 2 is 2.03 bits per heavy atom. The third-order valence-electron chi connectivity index (χ3n) is 5.15. The quantitative estimate of drug-likeness (QED) is 0.333. The highest BCUT2D eigenvalue weighted by Gasteiger charge is 2.49. The van der Waals surface area contributed by atoms with Gasteiger partial charge in [0.05, 0.1) is 12.5 Å². The van der Waals surface area contributed by atoms with Gasteiger partial charge in [0, 0.05) is 18.1 Å². The van der Waals surface area contributed by atoms with Crippen LogP contribution in [-0.2, 0) is 28.6 Å². The molecule has 7 nitrogen and oxygen atoms in total. The third-order valence-corrected chi connectivity index (χ3v) is 5.15. The Balaban J connectivity index is 2.62. The van der Waals surface area contributed by atoms with Crippen LogP contribution in [-0.4, -0.2) is 47.9 Å². The normalized spacial score (nSPS) is 28.0. The van der Waals surface area contributed by atoms with E-state index in [9.17, 15) is 19.5 Å². The largest absolute Gasteiger partial charge is 0.454 e. The van der Waals surface area contributed by atoms with Crippen molar-refractivity contribution in [1.29, 1.82) is 0 Å². The summed E-state index contributed by atoms with van der Waals surface area (Å²) in [5.41, 5.74) is 1.87. The molecular weight excluding hydrogens is 376 g/mol. The fourth-order valence-corrected chi connectivity index (χ4v) is 3.44. The van der Waals surface area contributed by atoms with Gasteiger partial charge in [-0.05, 0) is 45.3 Å². The third kappa shape index (κ3) is 5.23. The first-order valence-corrected chi connectivity index (χ1v) is 9.57. The summed E-state index contributed by atoms with van der Waals surface area (Å²) in [6, 6.07) is 0. The highest BCUT2D eigenvalue weighted by atomic mass is 16.6. The molecule has 2 rings (SSSR count). The smallest absolute Gasteiger partial charge is 0.334 e. The zero-order valence-electron chi connectivity index (χ0n) is 17.3. The lowest BCUT2D eigenvalue weighted by Crippen LogP contribution is -2.45. The molecule has 1 heterocycles. The van der Waals surface area contributed by atoms with Gasteiger partial charge in [0.25, 0.3) is 0 Å². The molecule has 1 N–H and O–H groups in total. The van der Waals surface area contributed by atoms with E-state index < -0.39 is 48.7 Å². The van der Waals surface area contributed by atoms with Gasteiger partial charge in [0.15, 0.2) is 12.2 Å². The van der Waals surface area contributed by atoms with Gasteiger partial charge in [0.2, 0.25) is 0 Å². The zero-order chi connectivity index (χ0) is 21.7. The van der Waals surface area contributed by atoms with E-state index in [1.807, 2.05) is 13.0 Å². The van der Waals surface area contributed by atoms with E-state index in [-0.39, 0.29) is 5.57 Å². The van der Waals surface area contributed by atoms with Crippen molar-refractivity contribution >= 4 is 17.9 Å². The van der Waals surface area contributed by atoms with E-state index in [0.717, 1.165) is 5.57 Å². The molecule has 0 amide bonds. The Bertz CT molecular complexity index is 787. The Hall–Kier alpha value is -2.67. The predicted octanol–water partition coefficient (Wildman–Crippen LogP) is 2.55. The molecule has 2 aliphatic rings. The molecule has 7 heteroatoms. The summed E-state index contributed by atoms with van der Waals surface area (Å²) in [7, 11) is 0. The van der Waals surface area contributed by atoms with Gasteiger partial charge in [-0.1, -0.05) is 24.3 Å². The maximum atomic E-state index is 12.6. The van der Waals surface area contributed by atoms with Crippen LogP contribution in [0.15, 0.2) is 47.1 Å². The first-order chi connectivity index (χ1) is 13.7. The standard InChI is InChI=1S/C22H28O7/c1-6-13(3)21(25)29-20-18-14(4)22(26)28-17(18)10-12(2)8-7-9-16(11-23)19(20)27-15(5)24/h6,9-10,17-20,23H,4,7-8,11H2,1-3,5H3. The van der Waals surface area contributed by atoms with E-state index in [1.54, 1.807) is 26.0 Å². The number of hydrogen-bond acceptors (Lipinski definition) is 7. The van der Waals surface area contributed by atoms with Crippen molar-refractivity contribution in [1.82, 2.24) is 0 Å². The molecule has 158 valence electrons. The van der Waals surface area contributed by atoms with E-state index in [0.29, 0.717) is 24.0 Å². The molecule has 0 spiro atoms. The zero-order valence-corrected chi connectivity index (χ0v) is 17.3. The molecule has 0 radical (unpaired) electrons. The van der Waals surface area contributed by atoms with Crippen LogP contribution in [0.2, 0.25) is 0 Å². The topological polar surface area (TPSA) is 99.1 Å². The summed E-state index contributed by atoms with van der Waals surface area (Å²) in [6.07, 6.45) is 3.56. The van der Waals surface area contributed by atoms with Crippen LogP contribution >= 0.6 is 0 Å². The van der Waals surface area contributed by atoms with Gasteiger partial charge in [-0.15, -0.1) is 0 Å². The number of carbonyl (C=O) groups excluding carboxylic acids is 3. The Morgan fingerprint density at radius 3 is 2.62 bits per heavy atom. The van der Waals surface area contributed by atoms with Gasteiger partial charge in [0.1, 0.15) is 6.10 Å². The van der Waals surface area contributed by atoms with Crippen LogP contribution in [0.4, 0.5) is 0 Å². The molecule has 0 aromatic rings. The summed E-state index contributed by atoms with van der Waals surface area (Å²) >= 11 is 0. The lowest BCUT2D eigenvalue weighted by atomic mass is 9.83. The van der Waals surface area contributed by atoms with Crippen LogP contribution in [0.5, 0.6) is 0 Å². The van der Waals surface area contributed by atoms with Gasteiger partial charge in [-0.25, -0.2) is 9.59 Å². The second-order valence-electron chi connectivity index (χ2n) is 7.28. The van der Waals surface area contributed by atoms with Crippen LogP contribution in [0.1, 0.15) is 40.5 Å². The summed E-state index contributed by atoms with van der Waals surface area (Å²) in [4.78, 5) is 36.7. The Morgan fingerprint density at radius 1 is 1.34 bits per heavy atom. The first-order valence-electron chi connectivity index (χ1n) is 9.57. The molecular formula is C22H28O7. The van der Waals surface area contributed by atoms with E-state index in [1.165, 1.54) is 6.92 Å². The fourth-order valence-electron chi connectivity index (χ4n) is 3.44. The monoisotopic (exact) mass is 404 g/mol. The van der Waals surface area contributed by atoms with Crippen LogP contribution < -0.4 is 0 Å². The minimum Gasteiger partial charge on any atom is -0.454 e. The fraction of sp³-hybridized carbons (Fsp3) is 0.500. The summed E-state index contributed by atoms with van der Waals surface area (Å²) in [6.45, 7) is 9.87. The number of aliphatic hydroxyl groups is 1. The second kappa shape index (κ2) is 9.69. The number of fused-ring (bicyclic) bond motifs is 1. The maximum absolute atomic E-state index is 12.6. The van der Waals surface area contributed by atoms with Crippen LogP contribution in [0.25, 0.3) is 0 Å². The number of esters is 3. The molecule has 0 aromatic carbocycles. The van der Waals surface area contributed by atoms with E-state index in [2.05, 4.69) is 6.58 Å². The second-order valence-corrected chi connectivity index (χ2v) is 7.28. The van der Waals surface area contributed by atoms with E-state index >= 15 is 0 Å². The SMILES string of the molecule is C=C1C(=O)OC2C=C(C)CCC=C(CO)C(OC(C)=O)C(OC(=O)C(C)=CC)C12. The maximum Gasteiger partial charge on any atom is 0.334 e. The minimum absolute atomic E-state index is 0.130. The van der Waals surface area contributed by atoms with Crippen molar-refractivity contribution in [3.05, 3.63) is 47.1 Å². The molecule has 0 saturated carbocycles. The molecule has 0 bridgehead atoms. The van der Waals surface area contributed by atoms with Crippen molar-refractivity contribution in [2.75, 3.05) is 6.61 Å². The lowest BCUT2D eigenvalue weighted by molar-refractivity contribution is -0.166. The van der Waals surface area contributed by atoms with Crippen LogP contribution in [0.3, 0.4) is 0 Å². The Labute approximate surface area is 170 Å². The highest BCUT2D eigenvalue weighted by Crippen LogP contribution is 2.37. The molecule has 4 unspecified atom stereocenters. The van der Waals surface area contributed by atoms with Crippen molar-refractivity contribution in [2.45, 2.75) is 58.8 Å². The average molecular weight is 404 g/mol. The average Bonchev–Trinajstić information content (AvgIpc) is 2.93. The van der Waals surface area contributed by atoms with E-state index in [4.69, 9.17) is 14.2 Å². The lowest BCUT2D eigenvalue weighted by Gasteiger charge is -2.33. The van der Waals surface area contributed by atoms with Crippen molar-refractivity contribution in [2.24, 2.45) is 5.92 Å². The van der Waals surface area contributed by atoms with Gasteiger partial charge < -0.3 is 19.3 Å². The molecule has 1 aliphatic heterocycles.